The van der Waals surface area contributed by atoms with Gasteiger partial charge in [0.15, 0.2) is 0 Å². The Balaban J connectivity index is 1.18. The first-order chi connectivity index (χ1) is 14.8. The summed E-state index contributed by atoms with van der Waals surface area (Å²) in [6, 6.07) is 5.35. The molecule has 0 spiro atoms. The standard InChI is InChI=1S/C22H26N6O2/c29-22-11-20(18-1-5-23-6-2-18)24-16-27(22)13-17-3-7-26(8-4-17)14-19-12-25-28-9-10-30-15-21(19)28/h1-2,5-6,11-12,16-17H,3-4,7-10,13-15H2. The van der Waals surface area contributed by atoms with E-state index < -0.39 is 0 Å². The summed E-state index contributed by atoms with van der Waals surface area (Å²) in [7, 11) is 0. The van der Waals surface area contributed by atoms with Crippen molar-refractivity contribution in [2.45, 2.75) is 39.1 Å². The SMILES string of the molecule is O=c1cc(-c2ccncc2)ncn1CC1CCN(Cc2cnn3c2COCC3)CC1. The zero-order valence-electron chi connectivity index (χ0n) is 17.0. The zero-order valence-corrected chi connectivity index (χ0v) is 17.0. The Bertz CT molecular complexity index is 1050. The minimum atomic E-state index is 0.00533. The van der Waals surface area contributed by atoms with Crippen LogP contribution in [0.4, 0.5) is 0 Å². The quantitative estimate of drug-likeness (QED) is 0.644. The molecule has 2 aliphatic heterocycles. The van der Waals surface area contributed by atoms with Crippen LogP contribution in [-0.4, -0.2) is 48.9 Å². The lowest BCUT2D eigenvalue weighted by Crippen LogP contribution is -2.36. The van der Waals surface area contributed by atoms with Gasteiger partial charge < -0.3 is 4.74 Å². The summed E-state index contributed by atoms with van der Waals surface area (Å²) in [5.41, 5.74) is 4.11. The highest BCUT2D eigenvalue weighted by molar-refractivity contribution is 5.57. The maximum atomic E-state index is 12.6. The Labute approximate surface area is 175 Å². The lowest BCUT2D eigenvalue weighted by Gasteiger charge is -2.32. The second-order valence-electron chi connectivity index (χ2n) is 8.11. The van der Waals surface area contributed by atoms with E-state index in [1.54, 1.807) is 29.4 Å². The van der Waals surface area contributed by atoms with Gasteiger partial charge >= 0.3 is 0 Å². The molecule has 0 unspecified atom stereocenters. The van der Waals surface area contributed by atoms with E-state index in [1.165, 1.54) is 11.3 Å². The number of piperidine rings is 1. The number of hydrogen-bond donors (Lipinski definition) is 0. The number of pyridine rings is 1. The second kappa shape index (κ2) is 8.49. The van der Waals surface area contributed by atoms with Crippen molar-refractivity contribution in [3.05, 3.63) is 64.7 Å². The van der Waals surface area contributed by atoms with Gasteiger partial charge in [0.2, 0.25) is 0 Å². The van der Waals surface area contributed by atoms with Crippen LogP contribution in [0.1, 0.15) is 24.1 Å². The third-order valence-electron chi connectivity index (χ3n) is 6.13. The van der Waals surface area contributed by atoms with Crippen LogP contribution in [0.25, 0.3) is 11.3 Å². The summed E-state index contributed by atoms with van der Waals surface area (Å²) < 4.78 is 9.41. The number of fused-ring (bicyclic) bond motifs is 1. The summed E-state index contributed by atoms with van der Waals surface area (Å²) >= 11 is 0. The van der Waals surface area contributed by atoms with Gasteiger partial charge in [-0.1, -0.05) is 0 Å². The van der Waals surface area contributed by atoms with Crippen molar-refractivity contribution in [1.29, 1.82) is 0 Å². The molecule has 0 aliphatic carbocycles. The fourth-order valence-corrected chi connectivity index (χ4v) is 4.35. The first kappa shape index (κ1) is 19.1. The van der Waals surface area contributed by atoms with Crippen LogP contribution in [0.5, 0.6) is 0 Å². The molecule has 1 saturated heterocycles. The maximum absolute atomic E-state index is 12.6. The van der Waals surface area contributed by atoms with Crippen molar-refractivity contribution >= 4 is 0 Å². The van der Waals surface area contributed by atoms with E-state index in [0.29, 0.717) is 18.2 Å². The molecule has 1 fully saturated rings. The van der Waals surface area contributed by atoms with Crippen molar-refractivity contribution in [1.82, 2.24) is 29.2 Å². The average Bonchev–Trinajstić information content (AvgIpc) is 3.20. The number of likely N-dealkylation sites (tertiary alicyclic amines) is 1. The molecule has 30 heavy (non-hydrogen) atoms. The fourth-order valence-electron chi connectivity index (χ4n) is 4.35. The van der Waals surface area contributed by atoms with Crippen LogP contribution in [0.3, 0.4) is 0 Å². The van der Waals surface area contributed by atoms with Gasteiger partial charge in [-0.15, -0.1) is 0 Å². The van der Waals surface area contributed by atoms with Gasteiger partial charge in [0, 0.05) is 42.7 Å². The predicted molar refractivity (Wildman–Crippen MR) is 112 cm³/mol. The lowest BCUT2D eigenvalue weighted by atomic mass is 9.96. The number of hydrogen-bond acceptors (Lipinski definition) is 6. The summed E-state index contributed by atoms with van der Waals surface area (Å²) in [6.07, 6.45) is 9.26. The van der Waals surface area contributed by atoms with Crippen LogP contribution >= 0.6 is 0 Å². The minimum absolute atomic E-state index is 0.00533. The molecular formula is C22H26N6O2. The molecular weight excluding hydrogens is 380 g/mol. The van der Waals surface area contributed by atoms with Crippen molar-refractivity contribution in [2.24, 2.45) is 5.92 Å². The maximum Gasteiger partial charge on any atom is 0.253 e. The van der Waals surface area contributed by atoms with Crippen LogP contribution in [0.15, 0.2) is 47.9 Å². The first-order valence-corrected chi connectivity index (χ1v) is 10.6. The number of rotatable bonds is 5. The molecule has 0 atom stereocenters. The van der Waals surface area contributed by atoms with Gasteiger partial charge in [-0.05, 0) is 44.0 Å². The van der Waals surface area contributed by atoms with E-state index in [4.69, 9.17) is 4.74 Å². The molecule has 8 heteroatoms. The Morgan fingerprint density at radius 1 is 1.13 bits per heavy atom. The van der Waals surface area contributed by atoms with Gasteiger partial charge in [0.25, 0.3) is 5.56 Å². The topological polar surface area (TPSA) is 78.1 Å². The van der Waals surface area contributed by atoms with E-state index in [2.05, 4.69) is 24.6 Å². The molecule has 2 aliphatic rings. The smallest absolute Gasteiger partial charge is 0.253 e. The van der Waals surface area contributed by atoms with Crippen molar-refractivity contribution < 1.29 is 4.74 Å². The molecule has 8 nitrogen and oxygen atoms in total. The normalized spacial score (nSPS) is 17.7. The second-order valence-corrected chi connectivity index (χ2v) is 8.11. The molecule has 0 bridgehead atoms. The van der Waals surface area contributed by atoms with Gasteiger partial charge in [-0.3, -0.25) is 23.9 Å². The fraction of sp³-hybridized carbons (Fsp3) is 0.455. The monoisotopic (exact) mass is 406 g/mol. The van der Waals surface area contributed by atoms with Crippen LogP contribution in [0.2, 0.25) is 0 Å². The highest BCUT2D eigenvalue weighted by Crippen LogP contribution is 2.23. The number of aromatic nitrogens is 5. The Hall–Kier alpha value is -2.84. The Morgan fingerprint density at radius 3 is 2.77 bits per heavy atom. The lowest BCUT2D eigenvalue weighted by molar-refractivity contribution is 0.0782. The highest BCUT2D eigenvalue weighted by atomic mass is 16.5. The molecule has 156 valence electrons. The molecule has 0 aromatic carbocycles. The highest BCUT2D eigenvalue weighted by Gasteiger charge is 2.23. The van der Waals surface area contributed by atoms with Gasteiger partial charge in [-0.2, -0.15) is 5.10 Å². The van der Waals surface area contributed by atoms with Crippen LogP contribution < -0.4 is 5.56 Å². The molecule has 3 aromatic heterocycles. The van der Waals surface area contributed by atoms with E-state index >= 15 is 0 Å². The molecule has 5 rings (SSSR count). The van der Waals surface area contributed by atoms with Gasteiger partial charge in [-0.25, -0.2) is 4.98 Å². The molecule has 0 N–H and O–H groups in total. The van der Waals surface area contributed by atoms with Gasteiger partial charge in [0.1, 0.15) is 0 Å². The molecule has 5 heterocycles. The molecule has 0 amide bonds. The summed E-state index contributed by atoms with van der Waals surface area (Å²) in [5, 5.41) is 4.49. The zero-order chi connectivity index (χ0) is 20.3. The van der Waals surface area contributed by atoms with Crippen LogP contribution in [-0.2, 0) is 31.0 Å². The van der Waals surface area contributed by atoms with E-state index in [0.717, 1.165) is 57.7 Å². The largest absolute Gasteiger partial charge is 0.373 e. The number of nitrogens with zero attached hydrogens (tertiary/aromatic N) is 6. The van der Waals surface area contributed by atoms with Crippen LogP contribution in [0, 0.1) is 5.92 Å². The summed E-state index contributed by atoms with van der Waals surface area (Å²) in [5.74, 6) is 0.497. The first-order valence-electron chi connectivity index (χ1n) is 10.6. The average molecular weight is 406 g/mol. The van der Waals surface area contributed by atoms with Gasteiger partial charge in [0.05, 0.1) is 43.7 Å². The predicted octanol–water partition coefficient (Wildman–Crippen LogP) is 1.94. The van der Waals surface area contributed by atoms with Crippen molar-refractivity contribution in [3.8, 4) is 11.3 Å². The van der Waals surface area contributed by atoms with E-state index in [1.807, 2.05) is 18.3 Å². The minimum Gasteiger partial charge on any atom is -0.373 e. The summed E-state index contributed by atoms with van der Waals surface area (Å²) in [6.45, 7) is 5.98. The van der Waals surface area contributed by atoms with E-state index in [9.17, 15) is 4.79 Å². The third kappa shape index (κ3) is 4.06. The summed E-state index contributed by atoms with van der Waals surface area (Å²) in [4.78, 5) is 23.6. The number of ether oxygens (including phenoxy) is 1. The van der Waals surface area contributed by atoms with Crippen molar-refractivity contribution in [3.63, 3.8) is 0 Å². The molecule has 0 radical (unpaired) electrons. The molecule has 0 saturated carbocycles. The van der Waals surface area contributed by atoms with E-state index in [-0.39, 0.29) is 5.56 Å². The third-order valence-corrected chi connectivity index (χ3v) is 6.13. The molecule has 3 aromatic rings. The Kier molecular flexibility index (Phi) is 5.42. The van der Waals surface area contributed by atoms with Crippen molar-refractivity contribution in [2.75, 3.05) is 19.7 Å². The Morgan fingerprint density at radius 2 is 1.97 bits per heavy atom.